The van der Waals surface area contributed by atoms with Crippen molar-refractivity contribution in [2.24, 2.45) is 10.7 Å². The largest absolute Gasteiger partial charge is 0.370 e. The van der Waals surface area contributed by atoms with Crippen molar-refractivity contribution in [3.05, 3.63) is 30.1 Å². The normalized spacial score (nSPS) is 19.1. The van der Waals surface area contributed by atoms with Gasteiger partial charge in [-0.05, 0) is 37.1 Å². The van der Waals surface area contributed by atoms with Crippen molar-refractivity contribution in [1.29, 1.82) is 0 Å². The monoisotopic (exact) mass is 447 g/mol. The zero-order valence-electron chi connectivity index (χ0n) is 14.2. The maximum atomic E-state index is 13.0. The fourth-order valence-electron chi connectivity index (χ4n) is 2.95. The van der Waals surface area contributed by atoms with Crippen LogP contribution in [-0.4, -0.2) is 68.1 Å². The first-order chi connectivity index (χ1) is 11.1. The topological polar surface area (TPSA) is 48.1 Å². The fraction of sp³-hybridized carbons (Fsp3) is 0.588. The molecule has 0 atom stereocenters. The number of anilines is 1. The molecule has 1 aliphatic carbocycles. The van der Waals surface area contributed by atoms with Crippen LogP contribution in [0.1, 0.15) is 12.8 Å². The predicted molar refractivity (Wildman–Crippen MR) is 108 cm³/mol. The molecule has 7 heteroatoms. The van der Waals surface area contributed by atoms with Crippen LogP contribution in [0.15, 0.2) is 29.3 Å². The van der Waals surface area contributed by atoms with Gasteiger partial charge in [0.05, 0.1) is 6.54 Å². The van der Waals surface area contributed by atoms with Gasteiger partial charge in [-0.15, -0.1) is 24.0 Å². The smallest absolute Gasteiger partial charge is 0.191 e. The number of aliphatic imine (C=N–C) groups is 1. The Labute approximate surface area is 160 Å². The second-order valence-electron chi connectivity index (χ2n) is 6.39. The lowest BCUT2D eigenvalue weighted by atomic mass is 10.2. The summed E-state index contributed by atoms with van der Waals surface area (Å²) in [5.74, 6) is 0.483. The summed E-state index contributed by atoms with van der Waals surface area (Å²) >= 11 is 0. The Balaban J connectivity index is 0.00000208. The maximum Gasteiger partial charge on any atom is 0.191 e. The Morgan fingerprint density at radius 2 is 1.83 bits per heavy atom. The van der Waals surface area contributed by atoms with Crippen molar-refractivity contribution in [3.63, 3.8) is 0 Å². The fourth-order valence-corrected chi connectivity index (χ4v) is 2.95. The van der Waals surface area contributed by atoms with E-state index in [1.165, 1.54) is 25.0 Å². The van der Waals surface area contributed by atoms with Crippen molar-refractivity contribution >= 4 is 35.6 Å². The number of piperazine rings is 1. The molecule has 1 saturated carbocycles. The molecule has 0 amide bonds. The number of benzene rings is 1. The molecule has 1 saturated heterocycles. The zero-order chi connectivity index (χ0) is 16.2. The summed E-state index contributed by atoms with van der Waals surface area (Å²) in [6.07, 6.45) is 2.47. The van der Waals surface area contributed by atoms with Gasteiger partial charge in [-0.25, -0.2) is 4.39 Å². The van der Waals surface area contributed by atoms with Gasteiger partial charge in [0.1, 0.15) is 5.82 Å². The van der Waals surface area contributed by atoms with E-state index in [2.05, 4.69) is 19.7 Å². The van der Waals surface area contributed by atoms with Gasteiger partial charge in [-0.1, -0.05) is 0 Å². The summed E-state index contributed by atoms with van der Waals surface area (Å²) in [6, 6.07) is 7.36. The summed E-state index contributed by atoms with van der Waals surface area (Å²) in [4.78, 5) is 11.3. The number of hydrogen-bond acceptors (Lipinski definition) is 3. The quantitative estimate of drug-likeness (QED) is 0.426. The Morgan fingerprint density at radius 1 is 1.21 bits per heavy atom. The number of halogens is 2. The van der Waals surface area contributed by atoms with Crippen molar-refractivity contribution in [2.75, 3.05) is 51.2 Å². The van der Waals surface area contributed by atoms with E-state index < -0.39 is 0 Å². The van der Waals surface area contributed by atoms with Crippen LogP contribution in [0.4, 0.5) is 10.1 Å². The summed E-state index contributed by atoms with van der Waals surface area (Å²) in [5, 5.41) is 0. The van der Waals surface area contributed by atoms with E-state index in [-0.39, 0.29) is 29.8 Å². The molecule has 1 aromatic rings. The number of rotatable bonds is 5. The molecule has 2 aliphatic rings. The molecule has 134 valence electrons. The van der Waals surface area contributed by atoms with Gasteiger partial charge in [-0.2, -0.15) is 0 Å². The Morgan fingerprint density at radius 3 is 2.42 bits per heavy atom. The number of guanidine groups is 1. The lowest BCUT2D eigenvalue weighted by Gasteiger charge is -2.35. The van der Waals surface area contributed by atoms with Crippen LogP contribution in [0.25, 0.3) is 0 Å². The highest BCUT2D eigenvalue weighted by atomic mass is 127. The van der Waals surface area contributed by atoms with Crippen molar-refractivity contribution in [2.45, 2.75) is 18.9 Å². The maximum absolute atomic E-state index is 13.0. The first kappa shape index (κ1) is 19.2. The molecule has 2 fully saturated rings. The average Bonchev–Trinajstić information content (AvgIpc) is 3.40. The van der Waals surface area contributed by atoms with Gasteiger partial charge in [-0.3, -0.25) is 9.89 Å². The molecular formula is C17H27FIN5. The minimum absolute atomic E-state index is 0. The SMILES string of the molecule is CN(C(N)=NCCN1CCN(c2ccc(F)cc2)CC1)C1CC1.I. The molecule has 2 N–H and O–H groups in total. The molecule has 5 nitrogen and oxygen atoms in total. The van der Waals surface area contributed by atoms with Crippen LogP contribution in [-0.2, 0) is 0 Å². The molecule has 0 radical (unpaired) electrons. The summed E-state index contributed by atoms with van der Waals surface area (Å²) in [7, 11) is 2.03. The Kier molecular flexibility index (Phi) is 7.09. The van der Waals surface area contributed by atoms with Gasteiger partial charge in [0, 0.05) is 51.5 Å². The van der Waals surface area contributed by atoms with Gasteiger partial charge < -0.3 is 15.5 Å². The molecule has 1 heterocycles. The third kappa shape index (κ3) is 5.20. The standard InChI is InChI=1S/C17H26FN5.HI/c1-21(15-6-7-15)17(19)20-8-9-22-10-12-23(13-11-22)16-4-2-14(18)3-5-16;/h2-5,15H,6-13H2,1H3,(H2,19,20);1H. The number of hydrogen-bond donors (Lipinski definition) is 1. The molecule has 0 bridgehead atoms. The van der Waals surface area contributed by atoms with Gasteiger partial charge >= 0.3 is 0 Å². The minimum atomic E-state index is -0.181. The van der Waals surface area contributed by atoms with E-state index in [4.69, 9.17) is 5.73 Å². The summed E-state index contributed by atoms with van der Waals surface area (Å²) in [6.45, 7) is 5.63. The molecule has 24 heavy (non-hydrogen) atoms. The van der Waals surface area contributed by atoms with E-state index >= 15 is 0 Å². The minimum Gasteiger partial charge on any atom is -0.370 e. The van der Waals surface area contributed by atoms with Crippen molar-refractivity contribution in [1.82, 2.24) is 9.80 Å². The first-order valence-electron chi connectivity index (χ1n) is 8.39. The van der Waals surface area contributed by atoms with E-state index in [9.17, 15) is 4.39 Å². The molecule has 0 aromatic heterocycles. The number of nitrogens with two attached hydrogens (primary N) is 1. The highest BCUT2D eigenvalue weighted by Gasteiger charge is 2.27. The average molecular weight is 447 g/mol. The van der Waals surface area contributed by atoms with E-state index in [1.807, 2.05) is 19.2 Å². The molecule has 0 unspecified atom stereocenters. The molecule has 1 aliphatic heterocycles. The van der Waals surface area contributed by atoms with Crippen LogP contribution in [0, 0.1) is 5.82 Å². The second-order valence-corrected chi connectivity index (χ2v) is 6.39. The molecule has 1 aromatic carbocycles. The van der Waals surface area contributed by atoms with Crippen LogP contribution >= 0.6 is 24.0 Å². The highest BCUT2D eigenvalue weighted by molar-refractivity contribution is 14.0. The third-order valence-corrected chi connectivity index (χ3v) is 4.71. The third-order valence-electron chi connectivity index (χ3n) is 4.71. The van der Waals surface area contributed by atoms with Crippen LogP contribution in [0.2, 0.25) is 0 Å². The van der Waals surface area contributed by atoms with Crippen LogP contribution < -0.4 is 10.6 Å². The van der Waals surface area contributed by atoms with Crippen molar-refractivity contribution < 1.29 is 4.39 Å². The van der Waals surface area contributed by atoms with Gasteiger partial charge in [0.25, 0.3) is 0 Å². The van der Waals surface area contributed by atoms with Crippen molar-refractivity contribution in [3.8, 4) is 0 Å². The molecular weight excluding hydrogens is 420 g/mol. The zero-order valence-corrected chi connectivity index (χ0v) is 16.5. The Bertz CT molecular complexity index is 538. The van der Waals surface area contributed by atoms with E-state index in [0.29, 0.717) is 12.0 Å². The van der Waals surface area contributed by atoms with E-state index in [1.54, 1.807) is 0 Å². The van der Waals surface area contributed by atoms with Gasteiger partial charge in [0.2, 0.25) is 0 Å². The highest BCUT2D eigenvalue weighted by Crippen LogP contribution is 2.24. The van der Waals surface area contributed by atoms with Crippen LogP contribution in [0.3, 0.4) is 0 Å². The second kappa shape index (κ2) is 8.84. The predicted octanol–water partition coefficient (Wildman–Crippen LogP) is 1.97. The molecule has 3 rings (SSSR count). The van der Waals surface area contributed by atoms with Crippen LogP contribution in [0.5, 0.6) is 0 Å². The lowest BCUT2D eigenvalue weighted by Crippen LogP contribution is -2.47. The van der Waals surface area contributed by atoms with Gasteiger partial charge in [0.15, 0.2) is 5.96 Å². The first-order valence-corrected chi connectivity index (χ1v) is 8.39. The summed E-state index contributed by atoms with van der Waals surface area (Å²) in [5.41, 5.74) is 7.10. The number of nitrogens with zero attached hydrogens (tertiary/aromatic N) is 4. The summed E-state index contributed by atoms with van der Waals surface area (Å²) < 4.78 is 13.0. The Hall–Kier alpha value is -1.09. The van der Waals surface area contributed by atoms with E-state index in [0.717, 1.165) is 45.0 Å². The molecule has 0 spiro atoms. The lowest BCUT2D eigenvalue weighted by molar-refractivity contribution is 0.264.